The maximum absolute atomic E-state index is 13.3. The Labute approximate surface area is 131 Å². The average Bonchev–Trinajstić information content (AvgIpc) is 2.52. The number of benzene rings is 1. The minimum absolute atomic E-state index is 0.0203. The fourth-order valence-electron chi connectivity index (χ4n) is 2.82. The summed E-state index contributed by atoms with van der Waals surface area (Å²) in [5, 5.41) is 9.01. The fourth-order valence-corrected chi connectivity index (χ4v) is 2.82. The molecule has 0 saturated carbocycles. The Bertz CT molecular complexity index is 559. The van der Waals surface area contributed by atoms with Crippen molar-refractivity contribution in [1.82, 2.24) is 4.90 Å². The number of amides is 1. The van der Waals surface area contributed by atoms with Crippen molar-refractivity contribution in [3.8, 4) is 0 Å². The van der Waals surface area contributed by atoms with Crippen LogP contribution in [0, 0.1) is 5.92 Å². The van der Waals surface area contributed by atoms with E-state index in [9.17, 15) is 22.8 Å². The lowest BCUT2D eigenvalue weighted by Gasteiger charge is -2.32. The molecule has 4 nitrogen and oxygen atoms in total. The molecule has 1 amide bonds. The molecule has 126 valence electrons. The van der Waals surface area contributed by atoms with Crippen LogP contribution in [0.1, 0.15) is 30.7 Å². The van der Waals surface area contributed by atoms with Gasteiger partial charge in [-0.3, -0.25) is 9.59 Å². The van der Waals surface area contributed by atoms with Gasteiger partial charge in [0.25, 0.3) is 0 Å². The monoisotopic (exact) mass is 329 g/mol. The SMILES string of the molecule is O=C(O)[C@H]1CCCN(C(=O)C[C@@H](c2ccccc2)C(F)(F)F)C1. The summed E-state index contributed by atoms with van der Waals surface area (Å²) in [6.45, 7) is 0.287. The molecule has 0 spiro atoms. The first-order chi connectivity index (χ1) is 10.8. The van der Waals surface area contributed by atoms with Gasteiger partial charge in [-0.15, -0.1) is 0 Å². The van der Waals surface area contributed by atoms with Gasteiger partial charge in [-0.25, -0.2) is 0 Å². The lowest BCUT2D eigenvalue weighted by molar-refractivity contribution is -0.162. The van der Waals surface area contributed by atoms with Gasteiger partial charge in [-0.05, 0) is 18.4 Å². The van der Waals surface area contributed by atoms with Crippen LogP contribution < -0.4 is 0 Å². The molecule has 1 fully saturated rings. The average molecular weight is 329 g/mol. The first-order valence-corrected chi connectivity index (χ1v) is 7.41. The molecule has 0 radical (unpaired) electrons. The van der Waals surface area contributed by atoms with Crippen LogP contribution in [0.5, 0.6) is 0 Å². The summed E-state index contributed by atoms with van der Waals surface area (Å²) in [6.07, 6.45) is -4.29. The number of carbonyl (C=O) groups excluding carboxylic acids is 1. The number of rotatable bonds is 4. The number of carbonyl (C=O) groups is 2. The second-order valence-corrected chi connectivity index (χ2v) is 5.73. The summed E-state index contributed by atoms with van der Waals surface area (Å²) >= 11 is 0. The Kier molecular flexibility index (Phi) is 5.28. The van der Waals surface area contributed by atoms with E-state index < -0.39 is 36.3 Å². The highest BCUT2D eigenvalue weighted by molar-refractivity contribution is 5.79. The molecule has 2 atom stereocenters. The predicted octanol–water partition coefficient (Wildman–Crippen LogP) is 3.05. The van der Waals surface area contributed by atoms with Crippen molar-refractivity contribution >= 4 is 11.9 Å². The molecule has 1 aromatic rings. The van der Waals surface area contributed by atoms with Gasteiger partial charge >= 0.3 is 12.1 Å². The highest BCUT2D eigenvalue weighted by Gasteiger charge is 2.43. The van der Waals surface area contributed by atoms with Crippen LogP contribution in [0.15, 0.2) is 30.3 Å². The molecule has 1 heterocycles. The van der Waals surface area contributed by atoms with Crippen molar-refractivity contribution in [1.29, 1.82) is 0 Å². The lowest BCUT2D eigenvalue weighted by Crippen LogP contribution is -2.43. The Morgan fingerprint density at radius 1 is 1.26 bits per heavy atom. The number of hydrogen-bond donors (Lipinski definition) is 1. The smallest absolute Gasteiger partial charge is 0.396 e. The van der Waals surface area contributed by atoms with Gasteiger partial charge in [-0.1, -0.05) is 30.3 Å². The van der Waals surface area contributed by atoms with E-state index in [-0.39, 0.29) is 12.1 Å². The van der Waals surface area contributed by atoms with Crippen LogP contribution in [0.25, 0.3) is 0 Å². The Morgan fingerprint density at radius 3 is 2.48 bits per heavy atom. The standard InChI is InChI=1S/C16H18F3NO3/c17-16(18,19)13(11-5-2-1-3-6-11)9-14(21)20-8-4-7-12(10-20)15(22)23/h1-3,5-6,12-13H,4,7-10H2,(H,22,23)/t12-,13-/m0/s1. The van der Waals surface area contributed by atoms with Crippen LogP contribution in [0.3, 0.4) is 0 Å². The number of halogens is 3. The van der Waals surface area contributed by atoms with Gasteiger partial charge in [0.1, 0.15) is 0 Å². The molecule has 2 rings (SSSR count). The summed E-state index contributed by atoms with van der Waals surface area (Å²) in [5.41, 5.74) is 0.0418. The largest absolute Gasteiger partial charge is 0.481 e. The van der Waals surface area contributed by atoms with E-state index in [0.717, 1.165) is 0 Å². The summed E-state index contributed by atoms with van der Waals surface area (Å²) < 4.78 is 39.8. The van der Waals surface area contributed by atoms with Crippen molar-refractivity contribution in [3.63, 3.8) is 0 Å². The molecule has 1 aromatic carbocycles. The molecule has 0 aromatic heterocycles. The quantitative estimate of drug-likeness (QED) is 0.924. The summed E-state index contributed by atoms with van der Waals surface area (Å²) in [5.74, 6) is -4.24. The molecule has 7 heteroatoms. The zero-order valence-corrected chi connectivity index (χ0v) is 12.4. The second kappa shape index (κ2) is 7.02. The number of carboxylic acids is 1. The highest BCUT2D eigenvalue weighted by atomic mass is 19.4. The van der Waals surface area contributed by atoms with Crippen LogP contribution in [0.2, 0.25) is 0 Å². The molecule has 0 aliphatic carbocycles. The minimum atomic E-state index is -4.53. The zero-order valence-electron chi connectivity index (χ0n) is 12.4. The molecule has 0 unspecified atom stereocenters. The predicted molar refractivity (Wildman–Crippen MR) is 76.8 cm³/mol. The molecule has 23 heavy (non-hydrogen) atoms. The van der Waals surface area contributed by atoms with Gasteiger partial charge in [-0.2, -0.15) is 13.2 Å². The van der Waals surface area contributed by atoms with Crippen LogP contribution in [-0.2, 0) is 9.59 Å². The Balaban J connectivity index is 2.10. The molecular weight excluding hydrogens is 311 g/mol. The minimum Gasteiger partial charge on any atom is -0.481 e. The molecule has 1 saturated heterocycles. The number of likely N-dealkylation sites (tertiary alicyclic amines) is 1. The number of alkyl halides is 3. The summed E-state index contributed by atoms with van der Waals surface area (Å²) in [7, 11) is 0. The Morgan fingerprint density at radius 2 is 1.91 bits per heavy atom. The van der Waals surface area contributed by atoms with Crippen molar-refractivity contribution in [3.05, 3.63) is 35.9 Å². The van der Waals surface area contributed by atoms with Gasteiger partial charge < -0.3 is 10.0 Å². The molecule has 1 aliphatic heterocycles. The normalized spacial score (nSPS) is 20.1. The first-order valence-electron chi connectivity index (χ1n) is 7.41. The van der Waals surface area contributed by atoms with E-state index in [4.69, 9.17) is 5.11 Å². The van der Waals surface area contributed by atoms with E-state index in [1.54, 1.807) is 6.07 Å². The molecule has 1 aliphatic rings. The van der Waals surface area contributed by atoms with E-state index in [0.29, 0.717) is 19.4 Å². The second-order valence-electron chi connectivity index (χ2n) is 5.73. The van der Waals surface area contributed by atoms with Gasteiger partial charge in [0, 0.05) is 19.5 Å². The van der Waals surface area contributed by atoms with Crippen molar-refractivity contribution in [2.75, 3.05) is 13.1 Å². The number of hydrogen-bond acceptors (Lipinski definition) is 2. The maximum Gasteiger partial charge on any atom is 0.396 e. The van der Waals surface area contributed by atoms with Gasteiger partial charge in [0.05, 0.1) is 11.8 Å². The van der Waals surface area contributed by atoms with Crippen LogP contribution >= 0.6 is 0 Å². The number of carboxylic acid groups (broad SMARTS) is 1. The third-order valence-corrected chi connectivity index (χ3v) is 4.10. The maximum atomic E-state index is 13.3. The molecule has 1 N–H and O–H groups in total. The number of nitrogens with zero attached hydrogens (tertiary/aromatic N) is 1. The highest BCUT2D eigenvalue weighted by Crippen LogP contribution is 2.38. The number of piperidine rings is 1. The van der Waals surface area contributed by atoms with Gasteiger partial charge in [0.15, 0.2) is 0 Å². The van der Waals surface area contributed by atoms with Crippen molar-refractivity contribution < 1.29 is 27.9 Å². The van der Waals surface area contributed by atoms with E-state index in [1.165, 1.54) is 29.2 Å². The van der Waals surface area contributed by atoms with E-state index >= 15 is 0 Å². The lowest BCUT2D eigenvalue weighted by atomic mass is 9.93. The van der Waals surface area contributed by atoms with E-state index in [1.807, 2.05) is 0 Å². The van der Waals surface area contributed by atoms with Crippen molar-refractivity contribution in [2.24, 2.45) is 5.92 Å². The molecular formula is C16H18F3NO3. The number of aliphatic carboxylic acids is 1. The van der Waals surface area contributed by atoms with E-state index in [2.05, 4.69) is 0 Å². The van der Waals surface area contributed by atoms with Crippen molar-refractivity contribution in [2.45, 2.75) is 31.4 Å². The van der Waals surface area contributed by atoms with Crippen LogP contribution in [0.4, 0.5) is 13.2 Å². The fraction of sp³-hybridized carbons (Fsp3) is 0.500. The summed E-state index contributed by atoms with van der Waals surface area (Å²) in [6, 6.07) is 7.31. The first kappa shape index (κ1) is 17.3. The third-order valence-electron chi connectivity index (χ3n) is 4.10. The third kappa shape index (κ3) is 4.46. The molecule has 0 bridgehead atoms. The summed E-state index contributed by atoms with van der Waals surface area (Å²) in [4.78, 5) is 24.5. The van der Waals surface area contributed by atoms with Crippen LogP contribution in [-0.4, -0.2) is 41.1 Å². The zero-order chi connectivity index (χ0) is 17.0. The van der Waals surface area contributed by atoms with Gasteiger partial charge in [0.2, 0.25) is 5.91 Å². The Hall–Kier alpha value is -2.05. The topological polar surface area (TPSA) is 57.6 Å².